The van der Waals surface area contributed by atoms with Crippen LogP contribution < -0.4 is 0 Å². The maximum atomic E-state index is 13.6. The van der Waals surface area contributed by atoms with Crippen LogP contribution in [-0.2, 0) is 4.79 Å². The van der Waals surface area contributed by atoms with Crippen LogP contribution in [0.1, 0.15) is 18.6 Å². The summed E-state index contributed by atoms with van der Waals surface area (Å²) in [7, 11) is 0. The van der Waals surface area contributed by atoms with E-state index in [0.29, 0.717) is 0 Å². The minimum Gasteiger partial charge on any atom is -0.382 e. The summed E-state index contributed by atoms with van der Waals surface area (Å²) in [4.78, 5) is 11.3. The third kappa shape index (κ3) is 3.34. The van der Waals surface area contributed by atoms with Crippen molar-refractivity contribution in [3.8, 4) is 0 Å². The van der Waals surface area contributed by atoms with Gasteiger partial charge in [-0.2, -0.15) is 8.78 Å². The van der Waals surface area contributed by atoms with E-state index >= 15 is 0 Å². The number of ketones is 1. The molecule has 0 aliphatic carbocycles. The molecule has 0 aliphatic rings. The van der Waals surface area contributed by atoms with Crippen molar-refractivity contribution in [2.24, 2.45) is 0 Å². The average Bonchev–Trinajstić information content (AvgIpc) is 2.39. The van der Waals surface area contributed by atoms with E-state index < -0.39 is 17.8 Å². The first-order valence-electron chi connectivity index (χ1n) is 5.44. The fourth-order valence-corrected chi connectivity index (χ4v) is 1.34. The molecule has 0 radical (unpaired) electrons. The number of aliphatic hydroxyl groups excluding tert-OH is 1. The zero-order chi connectivity index (χ0) is 13.6. The van der Waals surface area contributed by atoms with Gasteiger partial charge in [-0.3, -0.25) is 4.79 Å². The number of hydrogen-bond acceptors (Lipinski definition) is 2. The molecule has 0 spiro atoms. The first kappa shape index (κ1) is 14.3. The van der Waals surface area contributed by atoms with Crippen LogP contribution in [0.2, 0.25) is 0 Å². The number of carbonyl (C=O) groups is 1. The Hall–Kier alpha value is -1.81. The molecule has 4 heteroatoms. The summed E-state index contributed by atoms with van der Waals surface area (Å²) in [6, 6.07) is 7.38. The van der Waals surface area contributed by atoms with Gasteiger partial charge in [0, 0.05) is 0 Å². The number of rotatable bonds is 5. The minimum absolute atomic E-state index is 0.00952. The fourth-order valence-electron chi connectivity index (χ4n) is 1.34. The van der Waals surface area contributed by atoms with Crippen molar-refractivity contribution < 1.29 is 18.7 Å². The number of benzene rings is 1. The van der Waals surface area contributed by atoms with Gasteiger partial charge in [0.15, 0.2) is 6.10 Å². The predicted molar refractivity (Wildman–Crippen MR) is 65.3 cm³/mol. The Bertz CT molecular complexity index is 450. The van der Waals surface area contributed by atoms with E-state index in [4.69, 9.17) is 0 Å². The normalized spacial score (nSPS) is 14.2. The second kappa shape index (κ2) is 6.21. The van der Waals surface area contributed by atoms with Crippen LogP contribution in [0.25, 0.3) is 0 Å². The van der Waals surface area contributed by atoms with Gasteiger partial charge >= 0.3 is 5.92 Å². The zero-order valence-electron chi connectivity index (χ0n) is 9.88. The van der Waals surface area contributed by atoms with Crippen molar-refractivity contribution in [1.82, 2.24) is 0 Å². The number of hydrogen-bond donors (Lipinski definition) is 1. The Labute approximate surface area is 104 Å². The van der Waals surface area contributed by atoms with E-state index in [0.717, 1.165) is 6.08 Å². The molecule has 1 rings (SSSR count). The summed E-state index contributed by atoms with van der Waals surface area (Å²) in [5.41, 5.74) is 0.00952. The smallest absolute Gasteiger partial charge is 0.338 e. The van der Waals surface area contributed by atoms with Gasteiger partial charge in [0.1, 0.15) is 0 Å². The topological polar surface area (TPSA) is 37.3 Å². The second-order valence-corrected chi connectivity index (χ2v) is 3.69. The van der Waals surface area contributed by atoms with Crippen LogP contribution >= 0.6 is 0 Å². The van der Waals surface area contributed by atoms with E-state index in [1.807, 2.05) is 0 Å². The third-order valence-electron chi connectivity index (χ3n) is 2.34. The molecule has 1 aromatic rings. The summed E-state index contributed by atoms with van der Waals surface area (Å²) >= 11 is 0. The molecule has 2 nitrogen and oxygen atoms in total. The lowest BCUT2D eigenvalue weighted by molar-refractivity contribution is -0.156. The quantitative estimate of drug-likeness (QED) is 0.646. The summed E-state index contributed by atoms with van der Waals surface area (Å²) < 4.78 is 27.3. The molecule has 0 saturated heterocycles. The maximum Gasteiger partial charge on any atom is 0.338 e. The van der Waals surface area contributed by atoms with Crippen molar-refractivity contribution in [2.45, 2.75) is 19.0 Å². The van der Waals surface area contributed by atoms with E-state index in [-0.39, 0.29) is 5.56 Å². The summed E-state index contributed by atoms with van der Waals surface area (Å²) in [6.45, 7) is 1.70. The first-order valence-corrected chi connectivity index (χ1v) is 5.44. The van der Waals surface area contributed by atoms with E-state index in [9.17, 15) is 18.7 Å². The van der Waals surface area contributed by atoms with Crippen LogP contribution in [0, 0.1) is 0 Å². The monoisotopic (exact) mass is 252 g/mol. The van der Waals surface area contributed by atoms with Gasteiger partial charge in [0.25, 0.3) is 0 Å². The SMILES string of the molecule is CC=C/C=C/C(=O)C(F)(F)C(O)c1ccccc1. The minimum atomic E-state index is -3.83. The highest BCUT2D eigenvalue weighted by molar-refractivity contribution is 5.96. The molecule has 1 atom stereocenters. The molecule has 0 saturated carbocycles. The number of aliphatic hydroxyl groups is 1. The molecule has 0 fully saturated rings. The van der Waals surface area contributed by atoms with Gasteiger partial charge in [0.2, 0.25) is 5.78 Å². The molecule has 0 amide bonds. The molecule has 96 valence electrons. The van der Waals surface area contributed by atoms with Gasteiger partial charge in [-0.15, -0.1) is 0 Å². The molecule has 0 heterocycles. The van der Waals surface area contributed by atoms with E-state index in [2.05, 4.69) is 0 Å². The summed E-state index contributed by atoms with van der Waals surface area (Å²) in [5.74, 6) is -5.25. The van der Waals surface area contributed by atoms with Crippen molar-refractivity contribution >= 4 is 5.78 Å². The van der Waals surface area contributed by atoms with Gasteiger partial charge in [-0.1, -0.05) is 48.6 Å². The van der Waals surface area contributed by atoms with Crippen LogP contribution in [0.3, 0.4) is 0 Å². The van der Waals surface area contributed by atoms with Gasteiger partial charge in [0.05, 0.1) is 0 Å². The lowest BCUT2D eigenvalue weighted by atomic mass is 10.00. The number of carbonyl (C=O) groups excluding carboxylic acids is 1. The molecule has 1 aromatic carbocycles. The van der Waals surface area contributed by atoms with Crippen molar-refractivity contribution in [1.29, 1.82) is 0 Å². The highest BCUT2D eigenvalue weighted by atomic mass is 19.3. The Kier molecular flexibility index (Phi) is 4.92. The Morgan fingerprint density at radius 3 is 2.44 bits per heavy atom. The highest BCUT2D eigenvalue weighted by Crippen LogP contribution is 2.32. The molecule has 0 aliphatic heterocycles. The van der Waals surface area contributed by atoms with Crippen LogP contribution in [0.4, 0.5) is 8.78 Å². The van der Waals surface area contributed by atoms with Crippen molar-refractivity contribution in [3.05, 3.63) is 60.2 Å². The van der Waals surface area contributed by atoms with Crippen LogP contribution in [0.15, 0.2) is 54.6 Å². The summed E-state index contributed by atoms with van der Waals surface area (Å²) in [6.07, 6.45) is 2.90. The highest BCUT2D eigenvalue weighted by Gasteiger charge is 2.45. The first-order chi connectivity index (χ1) is 8.50. The number of halogens is 2. The number of alkyl halides is 2. The van der Waals surface area contributed by atoms with Gasteiger partial charge in [-0.05, 0) is 18.6 Å². The lowest BCUT2D eigenvalue weighted by Crippen LogP contribution is -2.34. The molecule has 1 N–H and O–H groups in total. The Morgan fingerprint density at radius 1 is 1.28 bits per heavy atom. The van der Waals surface area contributed by atoms with E-state index in [1.165, 1.54) is 36.4 Å². The molecule has 0 aromatic heterocycles. The van der Waals surface area contributed by atoms with Crippen molar-refractivity contribution in [3.63, 3.8) is 0 Å². The molecule has 1 unspecified atom stereocenters. The molecular formula is C14H14F2O2. The van der Waals surface area contributed by atoms with Crippen molar-refractivity contribution in [2.75, 3.05) is 0 Å². The van der Waals surface area contributed by atoms with Gasteiger partial charge < -0.3 is 5.11 Å². The molecular weight excluding hydrogens is 238 g/mol. The van der Waals surface area contributed by atoms with E-state index in [1.54, 1.807) is 19.1 Å². The standard InChI is InChI=1S/C14H14F2O2/c1-2-3-5-10-12(17)14(15,16)13(18)11-8-6-4-7-9-11/h2-10,13,18H,1H3/b3-2?,10-5+. The Balaban J connectivity index is 2.89. The van der Waals surface area contributed by atoms with Crippen LogP contribution in [0.5, 0.6) is 0 Å². The van der Waals surface area contributed by atoms with Crippen LogP contribution in [-0.4, -0.2) is 16.8 Å². The molecule has 18 heavy (non-hydrogen) atoms. The van der Waals surface area contributed by atoms with Gasteiger partial charge in [-0.25, -0.2) is 0 Å². The fraction of sp³-hybridized carbons (Fsp3) is 0.214. The lowest BCUT2D eigenvalue weighted by Gasteiger charge is -2.20. The number of allylic oxidation sites excluding steroid dienone is 4. The third-order valence-corrected chi connectivity index (χ3v) is 2.34. The average molecular weight is 252 g/mol. The largest absolute Gasteiger partial charge is 0.382 e. The predicted octanol–water partition coefficient (Wildman–Crippen LogP) is 3.06. The maximum absolute atomic E-state index is 13.6. The zero-order valence-corrected chi connectivity index (χ0v) is 9.88. The molecule has 0 bridgehead atoms. The summed E-state index contributed by atoms with van der Waals surface area (Å²) in [5, 5.41) is 9.55. The second-order valence-electron chi connectivity index (χ2n) is 3.69. The Morgan fingerprint density at radius 2 is 1.89 bits per heavy atom.